The Balaban J connectivity index is 1.83. The number of aryl methyl sites for hydroxylation is 1. The Morgan fingerprint density at radius 2 is 1.94 bits per heavy atom. The van der Waals surface area contributed by atoms with Crippen molar-refractivity contribution < 1.29 is 27.1 Å². The van der Waals surface area contributed by atoms with E-state index in [-0.39, 0.29) is 28.3 Å². The molecule has 0 bridgehead atoms. The molecule has 2 N–H and O–H groups in total. The molecule has 0 spiro atoms. The average Bonchev–Trinajstić information content (AvgIpc) is 3.13. The van der Waals surface area contributed by atoms with Crippen molar-refractivity contribution in [2.24, 2.45) is 0 Å². The summed E-state index contributed by atoms with van der Waals surface area (Å²) in [6.45, 7) is 1.55. The van der Waals surface area contributed by atoms with Gasteiger partial charge in [-0.05, 0) is 42.8 Å². The molecule has 0 atom stereocenters. The fourth-order valence-corrected chi connectivity index (χ4v) is 3.06. The first-order valence-corrected chi connectivity index (χ1v) is 9.14. The standard InChI is InChI=1S/C21H14F4N4O3/c1-11-6-12(22)2-3-16(11)32-17-10-29-14(9-27-20(29)21(23,24)25)8-15(17)19(31)28-13-4-5-26-18(30)7-13/h2-10H,1H3,(H2,26,28,30,31). The lowest BCUT2D eigenvalue weighted by Gasteiger charge is -2.15. The van der Waals surface area contributed by atoms with E-state index < -0.39 is 29.3 Å². The van der Waals surface area contributed by atoms with E-state index in [4.69, 9.17) is 4.74 Å². The highest BCUT2D eigenvalue weighted by molar-refractivity contribution is 6.06. The maximum Gasteiger partial charge on any atom is 0.450 e. The molecule has 0 unspecified atom stereocenters. The van der Waals surface area contributed by atoms with E-state index in [1.54, 1.807) is 6.92 Å². The van der Waals surface area contributed by atoms with Crippen LogP contribution in [0, 0.1) is 12.7 Å². The minimum absolute atomic E-state index is 0.00318. The van der Waals surface area contributed by atoms with Gasteiger partial charge < -0.3 is 15.0 Å². The van der Waals surface area contributed by atoms with Gasteiger partial charge in [-0.2, -0.15) is 13.2 Å². The Kier molecular flexibility index (Phi) is 5.17. The Labute approximate surface area is 177 Å². The highest BCUT2D eigenvalue weighted by Gasteiger charge is 2.36. The van der Waals surface area contributed by atoms with E-state index in [2.05, 4.69) is 15.3 Å². The molecule has 0 aliphatic rings. The van der Waals surface area contributed by atoms with E-state index in [0.29, 0.717) is 5.56 Å². The van der Waals surface area contributed by atoms with E-state index in [1.807, 2.05) is 0 Å². The number of nitrogens with zero attached hydrogens (tertiary/aromatic N) is 2. The van der Waals surface area contributed by atoms with E-state index >= 15 is 0 Å². The minimum Gasteiger partial charge on any atom is -0.455 e. The van der Waals surface area contributed by atoms with Crippen molar-refractivity contribution in [1.82, 2.24) is 14.4 Å². The van der Waals surface area contributed by atoms with Crippen molar-refractivity contribution in [1.29, 1.82) is 0 Å². The second kappa shape index (κ2) is 7.84. The van der Waals surface area contributed by atoms with Gasteiger partial charge in [0.05, 0.1) is 23.5 Å². The van der Waals surface area contributed by atoms with Crippen LogP contribution >= 0.6 is 0 Å². The Hall–Kier alpha value is -4.15. The third-order valence-electron chi connectivity index (χ3n) is 4.52. The monoisotopic (exact) mass is 446 g/mol. The lowest BCUT2D eigenvalue weighted by atomic mass is 10.2. The zero-order chi connectivity index (χ0) is 23.0. The average molecular weight is 446 g/mol. The molecule has 11 heteroatoms. The molecule has 3 heterocycles. The largest absolute Gasteiger partial charge is 0.455 e. The molecule has 0 saturated carbocycles. The molecule has 1 amide bonds. The summed E-state index contributed by atoms with van der Waals surface area (Å²) in [5, 5.41) is 2.50. The van der Waals surface area contributed by atoms with Gasteiger partial charge in [0.2, 0.25) is 11.4 Å². The summed E-state index contributed by atoms with van der Waals surface area (Å²) in [6, 6.07) is 7.35. The number of alkyl halides is 3. The van der Waals surface area contributed by atoms with Crippen LogP contribution in [0.15, 0.2) is 59.8 Å². The van der Waals surface area contributed by atoms with Crippen molar-refractivity contribution in [3.8, 4) is 11.5 Å². The second-order valence-electron chi connectivity index (χ2n) is 6.83. The predicted octanol–water partition coefficient (Wildman–Crippen LogP) is 4.53. The zero-order valence-corrected chi connectivity index (χ0v) is 16.3. The first-order chi connectivity index (χ1) is 15.1. The van der Waals surface area contributed by atoms with Crippen LogP contribution in [0.5, 0.6) is 11.5 Å². The summed E-state index contributed by atoms with van der Waals surface area (Å²) in [4.78, 5) is 30.2. The van der Waals surface area contributed by atoms with Gasteiger partial charge in [0.15, 0.2) is 5.75 Å². The number of hydrogen-bond donors (Lipinski definition) is 2. The highest BCUT2D eigenvalue weighted by atomic mass is 19.4. The van der Waals surface area contributed by atoms with Crippen LogP contribution in [-0.4, -0.2) is 20.3 Å². The van der Waals surface area contributed by atoms with Gasteiger partial charge in [-0.1, -0.05) is 0 Å². The number of benzene rings is 1. The molecular weight excluding hydrogens is 432 g/mol. The van der Waals surface area contributed by atoms with E-state index in [9.17, 15) is 27.2 Å². The third kappa shape index (κ3) is 4.17. The highest BCUT2D eigenvalue weighted by Crippen LogP contribution is 2.34. The van der Waals surface area contributed by atoms with Crippen molar-refractivity contribution in [2.45, 2.75) is 13.1 Å². The molecule has 0 fully saturated rings. The van der Waals surface area contributed by atoms with E-state index in [0.717, 1.165) is 28.9 Å². The number of pyridine rings is 2. The number of carbonyl (C=O) groups excluding carboxylic acids is 1. The van der Waals surface area contributed by atoms with Gasteiger partial charge in [0.1, 0.15) is 11.6 Å². The summed E-state index contributed by atoms with van der Waals surface area (Å²) < 4.78 is 59.9. The molecule has 4 rings (SSSR count). The number of hydrogen-bond acceptors (Lipinski definition) is 4. The number of anilines is 1. The number of nitrogens with one attached hydrogen (secondary N) is 2. The Morgan fingerprint density at radius 3 is 2.62 bits per heavy atom. The molecule has 1 aromatic carbocycles. The van der Waals surface area contributed by atoms with Crippen LogP contribution in [0.1, 0.15) is 21.7 Å². The Bertz CT molecular complexity index is 1390. The zero-order valence-electron chi connectivity index (χ0n) is 16.3. The number of H-pyrrole nitrogens is 1. The van der Waals surface area contributed by atoms with Crippen LogP contribution in [-0.2, 0) is 6.18 Å². The number of carbonyl (C=O) groups is 1. The summed E-state index contributed by atoms with van der Waals surface area (Å²) >= 11 is 0. The first-order valence-electron chi connectivity index (χ1n) is 9.14. The lowest BCUT2D eigenvalue weighted by molar-refractivity contribution is -0.145. The molecule has 3 aromatic heterocycles. The molecule has 0 aliphatic heterocycles. The van der Waals surface area contributed by atoms with Crippen molar-refractivity contribution in [2.75, 3.05) is 5.32 Å². The van der Waals surface area contributed by atoms with Crippen LogP contribution in [0.25, 0.3) is 5.52 Å². The maximum absolute atomic E-state index is 13.4. The van der Waals surface area contributed by atoms with Crippen LogP contribution in [0.4, 0.5) is 23.2 Å². The molecule has 7 nitrogen and oxygen atoms in total. The number of aromatic amines is 1. The van der Waals surface area contributed by atoms with Crippen LogP contribution in [0.3, 0.4) is 0 Å². The normalized spacial score (nSPS) is 11.5. The van der Waals surface area contributed by atoms with Crippen molar-refractivity contribution >= 4 is 17.1 Å². The fourth-order valence-electron chi connectivity index (χ4n) is 3.06. The second-order valence-corrected chi connectivity index (χ2v) is 6.83. The number of fused-ring (bicyclic) bond motifs is 1. The van der Waals surface area contributed by atoms with Crippen molar-refractivity contribution in [3.63, 3.8) is 0 Å². The maximum atomic E-state index is 13.4. The summed E-state index contributed by atoms with van der Waals surface area (Å²) in [6.07, 6.45) is -1.46. The van der Waals surface area contributed by atoms with E-state index in [1.165, 1.54) is 30.5 Å². The number of ether oxygens (including phenoxy) is 1. The fraction of sp³-hybridized carbons (Fsp3) is 0.0952. The summed E-state index contributed by atoms with van der Waals surface area (Å²) in [7, 11) is 0. The molecule has 0 radical (unpaired) electrons. The topological polar surface area (TPSA) is 88.5 Å². The number of rotatable bonds is 4. The summed E-state index contributed by atoms with van der Waals surface area (Å²) in [5.41, 5.74) is -0.0336. The van der Waals surface area contributed by atoms with Gasteiger partial charge in [0.25, 0.3) is 5.91 Å². The van der Waals surface area contributed by atoms with Gasteiger partial charge >= 0.3 is 6.18 Å². The number of halogens is 4. The van der Waals surface area contributed by atoms with Crippen molar-refractivity contribution in [3.05, 3.63) is 88.1 Å². The van der Waals surface area contributed by atoms with Gasteiger partial charge in [-0.3, -0.25) is 14.0 Å². The molecule has 0 saturated heterocycles. The number of imidazole rings is 1. The molecule has 4 aromatic rings. The predicted molar refractivity (Wildman–Crippen MR) is 106 cm³/mol. The number of aromatic nitrogens is 3. The SMILES string of the molecule is Cc1cc(F)ccc1Oc1cn2c(C(F)(F)F)ncc2cc1C(=O)Nc1cc[nH]c(=O)c1. The smallest absolute Gasteiger partial charge is 0.450 e. The Morgan fingerprint density at radius 1 is 1.16 bits per heavy atom. The third-order valence-corrected chi connectivity index (χ3v) is 4.52. The number of amides is 1. The van der Waals surface area contributed by atoms with Gasteiger partial charge in [0, 0.05) is 18.0 Å². The molecule has 0 aliphatic carbocycles. The first kappa shape index (κ1) is 21.1. The van der Waals surface area contributed by atoms with Crippen LogP contribution in [0.2, 0.25) is 0 Å². The van der Waals surface area contributed by atoms with Gasteiger partial charge in [-0.15, -0.1) is 0 Å². The summed E-state index contributed by atoms with van der Waals surface area (Å²) in [5.74, 6) is -2.54. The molecule has 164 valence electrons. The lowest BCUT2D eigenvalue weighted by Crippen LogP contribution is -2.16. The van der Waals surface area contributed by atoms with Gasteiger partial charge in [-0.25, -0.2) is 9.37 Å². The molecule has 32 heavy (non-hydrogen) atoms. The molecular formula is C21H14F4N4O3. The quantitative estimate of drug-likeness (QED) is 0.451. The minimum atomic E-state index is -4.75. The van der Waals surface area contributed by atoms with Crippen LogP contribution < -0.4 is 15.6 Å².